The van der Waals surface area contributed by atoms with E-state index in [1.807, 2.05) is 19.1 Å². The number of hydrogen-bond donors (Lipinski definition) is 0. The molecule has 0 radical (unpaired) electrons. The van der Waals surface area contributed by atoms with Crippen molar-refractivity contribution in [1.82, 2.24) is 0 Å². The number of benzene rings is 2. The molecule has 2 aromatic carbocycles. The van der Waals surface area contributed by atoms with E-state index in [0.717, 1.165) is 30.4 Å². The Kier molecular flexibility index (Phi) is 8.22. The molecule has 1 aliphatic rings. The quantitative estimate of drug-likeness (QED) is 0.387. The van der Waals surface area contributed by atoms with Gasteiger partial charge in [-0.05, 0) is 80.2 Å². The summed E-state index contributed by atoms with van der Waals surface area (Å²) in [5.74, 6) is -2.83. The fourth-order valence-electron chi connectivity index (χ4n) is 4.32. The van der Waals surface area contributed by atoms with Crippen LogP contribution in [0.1, 0.15) is 63.0 Å². The second-order valence-electron chi connectivity index (χ2n) is 8.10. The summed E-state index contributed by atoms with van der Waals surface area (Å²) in [4.78, 5) is 0. The van der Waals surface area contributed by atoms with E-state index in [0.29, 0.717) is 12.8 Å². The van der Waals surface area contributed by atoms with E-state index in [4.69, 9.17) is 9.47 Å². The van der Waals surface area contributed by atoms with Crippen LogP contribution in [0.4, 0.5) is 17.6 Å². The summed E-state index contributed by atoms with van der Waals surface area (Å²) >= 11 is 0. The lowest BCUT2D eigenvalue weighted by Crippen LogP contribution is -2.24. The van der Waals surface area contributed by atoms with E-state index in [9.17, 15) is 17.6 Å². The van der Waals surface area contributed by atoms with Gasteiger partial charge in [0.2, 0.25) is 11.6 Å². The first-order valence-electron chi connectivity index (χ1n) is 11.1. The lowest BCUT2D eigenvalue weighted by molar-refractivity contribution is 0.138. The maximum absolute atomic E-state index is 14.7. The van der Waals surface area contributed by atoms with E-state index in [-0.39, 0.29) is 48.8 Å². The van der Waals surface area contributed by atoms with Crippen LogP contribution in [-0.2, 0) is 6.42 Å². The highest BCUT2D eigenvalue weighted by molar-refractivity contribution is 5.35. The fraction of sp³-hybridized carbons (Fsp3) is 0.520. The molecule has 31 heavy (non-hydrogen) atoms. The smallest absolute Gasteiger partial charge is 0.204 e. The van der Waals surface area contributed by atoms with Gasteiger partial charge >= 0.3 is 0 Å². The van der Waals surface area contributed by atoms with Crippen LogP contribution in [0.25, 0.3) is 0 Å². The Morgan fingerprint density at radius 2 is 1.55 bits per heavy atom. The van der Waals surface area contributed by atoms with Crippen molar-refractivity contribution in [3.8, 4) is 11.5 Å². The molecule has 2 aromatic rings. The fourth-order valence-corrected chi connectivity index (χ4v) is 4.32. The second kappa shape index (κ2) is 10.9. The van der Waals surface area contributed by atoms with Crippen molar-refractivity contribution in [2.45, 2.75) is 64.5 Å². The van der Waals surface area contributed by atoms with Crippen molar-refractivity contribution in [3.63, 3.8) is 0 Å². The summed E-state index contributed by atoms with van der Waals surface area (Å²) in [6.45, 7) is 3.85. The van der Waals surface area contributed by atoms with E-state index in [2.05, 4.69) is 0 Å². The number of ether oxygens (including phenoxy) is 2. The Bertz CT molecular complexity index is 863. The minimum atomic E-state index is -1.13. The van der Waals surface area contributed by atoms with Crippen LogP contribution in [-0.4, -0.2) is 19.4 Å². The molecule has 0 saturated heterocycles. The van der Waals surface area contributed by atoms with E-state index in [1.165, 1.54) is 12.1 Å². The molecule has 1 atom stereocenters. The summed E-state index contributed by atoms with van der Waals surface area (Å²) in [5.41, 5.74) is 1.70. The zero-order valence-corrected chi connectivity index (χ0v) is 18.1. The molecule has 3 rings (SSSR count). The normalized spacial score (nSPS) is 19.8. The summed E-state index contributed by atoms with van der Waals surface area (Å²) in [7, 11) is 0. The van der Waals surface area contributed by atoms with E-state index >= 15 is 0 Å². The van der Waals surface area contributed by atoms with Crippen LogP contribution in [0, 0.1) is 23.4 Å². The Balaban J connectivity index is 1.47. The van der Waals surface area contributed by atoms with Gasteiger partial charge in [-0.2, -0.15) is 8.78 Å². The minimum absolute atomic E-state index is 0.0431. The maximum atomic E-state index is 14.7. The molecule has 1 saturated carbocycles. The average Bonchev–Trinajstić information content (AvgIpc) is 2.78. The van der Waals surface area contributed by atoms with Crippen molar-refractivity contribution in [1.29, 1.82) is 0 Å². The third-order valence-electron chi connectivity index (χ3n) is 6.16. The van der Waals surface area contributed by atoms with E-state index < -0.39 is 17.8 Å². The van der Waals surface area contributed by atoms with Crippen LogP contribution < -0.4 is 9.47 Å². The molecule has 0 amide bonds. The van der Waals surface area contributed by atoms with Gasteiger partial charge in [-0.3, -0.25) is 0 Å². The van der Waals surface area contributed by atoms with Crippen LogP contribution in [0.5, 0.6) is 11.5 Å². The average molecular weight is 439 g/mol. The van der Waals surface area contributed by atoms with Gasteiger partial charge in [0.15, 0.2) is 11.5 Å². The summed E-state index contributed by atoms with van der Waals surface area (Å²) in [6, 6.07) is 8.02. The molecular weight excluding hydrogens is 408 g/mol. The SMILES string of the molecule is CCOc1ccc(OCCC(F)C2CCC(c3ccc(CC)cc3F)CC2)c(F)c1F. The number of alkyl halides is 1. The molecule has 0 spiro atoms. The minimum Gasteiger partial charge on any atom is -0.491 e. The number of rotatable bonds is 9. The Hall–Kier alpha value is -2.24. The molecule has 0 bridgehead atoms. The molecule has 0 N–H and O–H groups in total. The number of halogens is 4. The molecule has 1 unspecified atom stereocenters. The first kappa shape index (κ1) is 23.4. The molecule has 6 heteroatoms. The van der Waals surface area contributed by atoms with Gasteiger partial charge in [-0.1, -0.05) is 19.1 Å². The number of aryl methyl sites for hydroxylation is 1. The zero-order valence-electron chi connectivity index (χ0n) is 18.1. The first-order valence-corrected chi connectivity index (χ1v) is 11.1. The lowest BCUT2D eigenvalue weighted by atomic mass is 9.76. The molecule has 1 fully saturated rings. The van der Waals surface area contributed by atoms with Crippen LogP contribution in [0.2, 0.25) is 0 Å². The van der Waals surface area contributed by atoms with Gasteiger partial charge in [0.05, 0.1) is 13.2 Å². The van der Waals surface area contributed by atoms with Crippen molar-refractivity contribution in [2.75, 3.05) is 13.2 Å². The first-order chi connectivity index (χ1) is 14.9. The molecule has 1 aliphatic carbocycles. The van der Waals surface area contributed by atoms with Crippen molar-refractivity contribution in [3.05, 3.63) is 58.9 Å². The Labute approximate surface area is 181 Å². The summed E-state index contributed by atoms with van der Waals surface area (Å²) in [5, 5.41) is 0. The molecule has 0 aliphatic heterocycles. The second-order valence-corrected chi connectivity index (χ2v) is 8.10. The molecule has 0 aromatic heterocycles. The van der Waals surface area contributed by atoms with Gasteiger partial charge in [0, 0.05) is 6.42 Å². The predicted octanol–water partition coefficient (Wildman–Crippen LogP) is 7.15. The van der Waals surface area contributed by atoms with Gasteiger partial charge in [0.25, 0.3) is 0 Å². The number of hydrogen-bond acceptors (Lipinski definition) is 2. The van der Waals surface area contributed by atoms with E-state index in [1.54, 1.807) is 13.0 Å². The van der Waals surface area contributed by atoms with Gasteiger partial charge in [-0.25, -0.2) is 8.78 Å². The van der Waals surface area contributed by atoms with Crippen LogP contribution in [0.15, 0.2) is 30.3 Å². The van der Waals surface area contributed by atoms with Gasteiger partial charge < -0.3 is 9.47 Å². The highest BCUT2D eigenvalue weighted by atomic mass is 19.2. The summed E-state index contributed by atoms with van der Waals surface area (Å²) < 4.78 is 67.3. The predicted molar refractivity (Wildman–Crippen MR) is 113 cm³/mol. The third-order valence-corrected chi connectivity index (χ3v) is 6.16. The van der Waals surface area contributed by atoms with Crippen LogP contribution in [0.3, 0.4) is 0 Å². The monoisotopic (exact) mass is 438 g/mol. The van der Waals surface area contributed by atoms with Gasteiger partial charge in [-0.15, -0.1) is 0 Å². The maximum Gasteiger partial charge on any atom is 0.204 e. The topological polar surface area (TPSA) is 18.5 Å². The van der Waals surface area contributed by atoms with Gasteiger partial charge in [0.1, 0.15) is 12.0 Å². The Morgan fingerprint density at radius 3 is 2.13 bits per heavy atom. The van der Waals surface area contributed by atoms with Crippen molar-refractivity contribution < 1.29 is 27.0 Å². The standard InChI is InChI=1S/C25H30F4O2/c1-3-16-5-10-19(21(27)15-16)17-6-8-18(9-7-17)20(26)13-14-31-23-12-11-22(30-4-2)24(28)25(23)29/h5,10-12,15,17-18,20H,3-4,6-9,13-14H2,1-2H3. The highest BCUT2D eigenvalue weighted by Gasteiger charge is 2.29. The zero-order chi connectivity index (χ0) is 22.4. The molecule has 170 valence electrons. The summed E-state index contributed by atoms with van der Waals surface area (Å²) in [6.07, 6.45) is 2.63. The van der Waals surface area contributed by atoms with Crippen molar-refractivity contribution >= 4 is 0 Å². The Morgan fingerprint density at radius 1 is 0.903 bits per heavy atom. The molecule has 2 nitrogen and oxygen atoms in total. The highest BCUT2D eigenvalue weighted by Crippen LogP contribution is 2.39. The third kappa shape index (κ3) is 5.72. The molecule has 0 heterocycles. The molecular formula is C25H30F4O2. The lowest BCUT2D eigenvalue weighted by Gasteiger charge is -2.31. The largest absolute Gasteiger partial charge is 0.491 e. The van der Waals surface area contributed by atoms with Crippen molar-refractivity contribution in [2.24, 2.45) is 5.92 Å². The van der Waals surface area contributed by atoms with Crippen LogP contribution >= 0.6 is 0 Å².